The van der Waals surface area contributed by atoms with Gasteiger partial charge in [-0.1, -0.05) is 31.2 Å². The van der Waals surface area contributed by atoms with Crippen LogP contribution in [0.15, 0.2) is 54.3 Å². The summed E-state index contributed by atoms with van der Waals surface area (Å²) in [5.74, 6) is 2.90. The number of piperidine rings is 1. The fraction of sp³-hybridized carbons (Fsp3) is 0.514. The summed E-state index contributed by atoms with van der Waals surface area (Å²) in [5.41, 5.74) is 4.95. The van der Waals surface area contributed by atoms with Gasteiger partial charge >= 0.3 is 0 Å². The van der Waals surface area contributed by atoms with E-state index in [-0.39, 0.29) is 5.91 Å². The van der Waals surface area contributed by atoms with Crippen LogP contribution < -0.4 is 10.1 Å². The van der Waals surface area contributed by atoms with Gasteiger partial charge in [-0.05, 0) is 62.4 Å². The maximum atomic E-state index is 13.5. The number of allylic oxidation sites excluding steroid dienone is 3. The van der Waals surface area contributed by atoms with Gasteiger partial charge in [0.2, 0.25) is 0 Å². The van der Waals surface area contributed by atoms with Crippen molar-refractivity contribution in [3.05, 3.63) is 71.2 Å². The average molecular weight is 598 g/mol. The van der Waals surface area contributed by atoms with E-state index < -0.39 is 0 Å². The van der Waals surface area contributed by atoms with Crippen molar-refractivity contribution in [3.63, 3.8) is 0 Å². The van der Waals surface area contributed by atoms with E-state index in [1.54, 1.807) is 7.11 Å². The number of benzene rings is 1. The monoisotopic (exact) mass is 597 g/mol. The highest BCUT2D eigenvalue weighted by Gasteiger charge is 2.29. The van der Waals surface area contributed by atoms with Crippen LogP contribution in [-0.4, -0.2) is 101 Å². The number of piperazine rings is 1. The van der Waals surface area contributed by atoms with Gasteiger partial charge in [-0.3, -0.25) is 9.69 Å². The normalized spacial score (nSPS) is 20.2. The molecule has 0 spiro atoms. The maximum absolute atomic E-state index is 13.5. The molecule has 6 rings (SSSR count). The Morgan fingerprint density at radius 2 is 1.84 bits per heavy atom. The molecule has 3 aromatic rings. The number of likely N-dealkylation sites (tertiary alicyclic amines) is 1. The van der Waals surface area contributed by atoms with E-state index >= 15 is 0 Å². The van der Waals surface area contributed by atoms with Gasteiger partial charge in [0, 0.05) is 82.6 Å². The summed E-state index contributed by atoms with van der Waals surface area (Å²) in [5, 5.41) is 3.63. The fourth-order valence-corrected chi connectivity index (χ4v) is 6.98. The van der Waals surface area contributed by atoms with E-state index in [0.29, 0.717) is 29.7 Å². The third-order valence-electron chi connectivity index (χ3n) is 9.80. The number of likely N-dealkylation sites (N-methyl/N-ethyl adjacent to an activating group) is 1. The minimum absolute atomic E-state index is 0.0809. The molecule has 1 aliphatic carbocycles. The van der Waals surface area contributed by atoms with E-state index in [1.807, 2.05) is 42.4 Å². The Hall–Kier alpha value is -3.69. The van der Waals surface area contributed by atoms with Crippen LogP contribution in [0.25, 0.3) is 11.0 Å². The number of anilines is 1. The van der Waals surface area contributed by atoms with Crippen LogP contribution in [0.4, 0.5) is 5.82 Å². The van der Waals surface area contributed by atoms with Gasteiger partial charge in [-0.25, -0.2) is 9.97 Å². The van der Waals surface area contributed by atoms with E-state index in [9.17, 15) is 4.79 Å². The molecular weight excluding hydrogens is 550 g/mol. The molecule has 234 valence electrons. The van der Waals surface area contributed by atoms with Crippen LogP contribution in [0.5, 0.6) is 5.75 Å². The quantitative estimate of drug-likeness (QED) is 0.382. The summed E-state index contributed by atoms with van der Waals surface area (Å²) in [6.07, 6.45) is 13.5. The number of fused-ring (bicyclic) bond motifs is 1. The minimum Gasteiger partial charge on any atom is -0.496 e. The third-order valence-corrected chi connectivity index (χ3v) is 9.80. The lowest BCUT2D eigenvalue weighted by Gasteiger charge is -2.42. The number of nitrogens with zero attached hydrogens (tertiary/aromatic N) is 6. The number of hydrogen-bond donors (Lipinski definition) is 1. The lowest BCUT2D eigenvalue weighted by atomic mass is 9.89. The fourth-order valence-electron chi connectivity index (χ4n) is 6.98. The van der Waals surface area contributed by atoms with Gasteiger partial charge in [0.15, 0.2) is 5.82 Å². The Morgan fingerprint density at radius 3 is 2.59 bits per heavy atom. The Balaban J connectivity index is 1.15. The minimum atomic E-state index is 0.0809. The largest absolute Gasteiger partial charge is 0.496 e. The molecule has 2 fully saturated rings. The number of amides is 1. The second kappa shape index (κ2) is 13.5. The molecule has 2 saturated heterocycles. The highest BCUT2D eigenvalue weighted by Crippen LogP contribution is 2.29. The number of nitrogens with one attached hydrogen (secondary N) is 1. The molecule has 1 unspecified atom stereocenters. The molecule has 9 heteroatoms. The lowest BCUT2D eigenvalue weighted by molar-refractivity contribution is 0.0518. The zero-order chi connectivity index (χ0) is 30.6. The molecule has 1 atom stereocenters. The Bertz CT molecular complexity index is 1530. The summed E-state index contributed by atoms with van der Waals surface area (Å²) >= 11 is 0. The average Bonchev–Trinajstić information content (AvgIpc) is 3.44. The molecule has 0 bridgehead atoms. The molecule has 4 heterocycles. The van der Waals surface area contributed by atoms with E-state index in [1.165, 1.54) is 5.57 Å². The van der Waals surface area contributed by atoms with E-state index in [0.717, 1.165) is 99.7 Å². The smallest absolute Gasteiger partial charge is 0.253 e. The molecule has 0 radical (unpaired) electrons. The molecule has 1 aromatic carbocycles. The number of aromatic nitrogens is 3. The lowest BCUT2D eigenvalue weighted by Crippen LogP contribution is -2.52. The van der Waals surface area contributed by atoms with Crippen LogP contribution in [0.3, 0.4) is 0 Å². The maximum Gasteiger partial charge on any atom is 0.253 e. The summed E-state index contributed by atoms with van der Waals surface area (Å²) in [7, 11) is 5.89. The van der Waals surface area contributed by atoms with Crippen LogP contribution in [0, 0.1) is 5.92 Å². The molecule has 0 saturated carbocycles. The van der Waals surface area contributed by atoms with Gasteiger partial charge in [0.1, 0.15) is 17.1 Å². The Kier molecular flexibility index (Phi) is 9.33. The predicted molar refractivity (Wildman–Crippen MR) is 176 cm³/mol. The van der Waals surface area contributed by atoms with Crippen molar-refractivity contribution in [1.82, 2.24) is 29.2 Å². The van der Waals surface area contributed by atoms with Crippen LogP contribution in [0.2, 0.25) is 0 Å². The number of ether oxygens (including phenoxy) is 1. The SMILES string of the molecule is CCC1CC=CC=C1CNc1nc(Cc2ccc(C(=O)N3CCC(N4CCN(C)CC4)CC3)cc2OC)nc2ccn(C)c12. The standard InChI is InChI=1S/C35H47N7O2/c1-5-25-8-6-7-9-28(25)24-36-34-33-30(14-15-40(33)3)37-32(38-34)23-26-10-11-27(22-31(26)44-4)35(43)42-16-12-29(13-17-42)41-20-18-39(2)19-21-41/h6-7,9-11,14-15,22,25,29H,5,8,12-13,16-21,23-24H2,1-4H3,(H,36,37,38). The van der Waals surface area contributed by atoms with Gasteiger partial charge < -0.3 is 24.4 Å². The summed E-state index contributed by atoms with van der Waals surface area (Å²) in [6, 6.07) is 8.43. The highest BCUT2D eigenvalue weighted by molar-refractivity contribution is 5.95. The van der Waals surface area contributed by atoms with E-state index in [2.05, 4.69) is 51.9 Å². The summed E-state index contributed by atoms with van der Waals surface area (Å²) < 4.78 is 7.88. The highest BCUT2D eigenvalue weighted by atomic mass is 16.5. The first kappa shape index (κ1) is 30.3. The summed E-state index contributed by atoms with van der Waals surface area (Å²) in [6.45, 7) is 9.11. The number of rotatable bonds is 9. The number of carbonyl (C=O) groups is 1. The summed E-state index contributed by atoms with van der Waals surface area (Å²) in [4.78, 5) is 30.4. The number of aryl methyl sites for hydroxylation is 1. The van der Waals surface area contributed by atoms with Gasteiger partial charge in [-0.15, -0.1) is 0 Å². The first-order valence-corrected chi connectivity index (χ1v) is 16.2. The number of methoxy groups -OCH3 is 1. The van der Waals surface area contributed by atoms with Gasteiger partial charge in [-0.2, -0.15) is 0 Å². The first-order valence-electron chi connectivity index (χ1n) is 16.2. The number of hydrogen-bond acceptors (Lipinski definition) is 7. The number of carbonyl (C=O) groups excluding carboxylic acids is 1. The van der Waals surface area contributed by atoms with Crippen molar-refractivity contribution >= 4 is 22.8 Å². The van der Waals surface area contributed by atoms with E-state index in [4.69, 9.17) is 14.7 Å². The topological polar surface area (TPSA) is 78.8 Å². The second-order valence-corrected chi connectivity index (χ2v) is 12.6. The van der Waals surface area contributed by atoms with Crippen LogP contribution in [-0.2, 0) is 13.5 Å². The van der Waals surface area contributed by atoms with Crippen LogP contribution >= 0.6 is 0 Å². The van der Waals surface area contributed by atoms with Crippen molar-refractivity contribution in [1.29, 1.82) is 0 Å². The third kappa shape index (κ3) is 6.54. The first-order chi connectivity index (χ1) is 21.4. The second-order valence-electron chi connectivity index (χ2n) is 12.6. The van der Waals surface area contributed by atoms with Crippen molar-refractivity contribution in [3.8, 4) is 5.75 Å². The molecular formula is C35H47N7O2. The Morgan fingerprint density at radius 1 is 1.05 bits per heavy atom. The Labute approximate surface area is 261 Å². The van der Waals surface area contributed by atoms with Crippen molar-refractivity contribution in [2.75, 3.05) is 65.3 Å². The molecule has 2 aliphatic heterocycles. The van der Waals surface area contributed by atoms with Gasteiger partial charge in [0.05, 0.1) is 12.6 Å². The van der Waals surface area contributed by atoms with Crippen molar-refractivity contribution in [2.24, 2.45) is 13.0 Å². The zero-order valence-corrected chi connectivity index (χ0v) is 26.8. The zero-order valence-electron chi connectivity index (χ0n) is 26.8. The molecule has 9 nitrogen and oxygen atoms in total. The molecule has 3 aliphatic rings. The molecule has 1 amide bonds. The van der Waals surface area contributed by atoms with Crippen LogP contribution in [0.1, 0.15) is 54.4 Å². The predicted octanol–water partition coefficient (Wildman–Crippen LogP) is 4.74. The van der Waals surface area contributed by atoms with Crippen molar-refractivity contribution in [2.45, 2.75) is 45.1 Å². The molecule has 2 aromatic heterocycles. The molecule has 44 heavy (non-hydrogen) atoms. The van der Waals surface area contributed by atoms with Crippen molar-refractivity contribution < 1.29 is 9.53 Å². The van der Waals surface area contributed by atoms with Gasteiger partial charge in [0.25, 0.3) is 5.91 Å². The molecule has 1 N–H and O–H groups in total.